The predicted molar refractivity (Wildman–Crippen MR) is 62.7 cm³/mol. The molecule has 15 heavy (non-hydrogen) atoms. The molecule has 3 heteroatoms. The second kappa shape index (κ2) is 4.86. The Labute approximate surface area is 95.6 Å². The summed E-state index contributed by atoms with van der Waals surface area (Å²) in [7, 11) is 0. The molecule has 0 amide bonds. The Hall–Kier alpha value is -0.730. The average molecular weight is 226 g/mol. The zero-order valence-corrected chi connectivity index (χ0v) is 9.68. The number of benzene rings is 1. The largest absolute Gasteiger partial charge is 0.493 e. The zero-order valence-electron chi connectivity index (χ0n) is 8.92. The van der Waals surface area contributed by atoms with E-state index in [1.165, 1.54) is 0 Å². The van der Waals surface area contributed by atoms with Crippen molar-refractivity contribution in [2.45, 2.75) is 13.3 Å². The molecule has 1 aliphatic heterocycles. The maximum atomic E-state index is 5.91. The first-order valence-electron chi connectivity index (χ1n) is 5.35. The van der Waals surface area contributed by atoms with Crippen molar-refractivity contribution in [2.75, 3.05) is 19.7 Å². The van der Waals surface area contributed by atoms with Crippen LogP contribution >= 0.6 is 11.6 Å². The molecular weight excluding hydrogens is 210 g/mol. The monoisotopic (exact) mass is 225 g/mol. The van der Waals surface area contributed by atoms with Gasteiger partial charge in [0.2, 0.25) is 0 Å². The van der Waals surface area contributed by atoms with E-state index >= 15 is 0 Å². The van der Waals surface area contributed by atoms with E-state index in [1.54, 1.807) is 0 Å². The number of nitrogens with one attached hydrogen (secondary N) is 1. The number of rotatable bonds is 4. The van der Waals surface area contributed by atoms with Gasteiger partial charge < -0.3 is 10.1 Å². The van der Waals surface area contributed by atoms with E-state index in [0.29, 0.717) is 0 Å². The molecule has 82 valence electrons. The van der Waals surface area contributed by atoms with Crippen LogP contribution in [0.3, 0.4) is 0 Å². The standard InChI is InChI=1S/C12H16ClNO/c1-9-2-3-11(13)6-12(9)15-5-4-10-7-14-8-10/h2-3,6,10,14H,4-5,7-8H2,1H3. The van der Waals surface area contributed by atoms with Crippen LogP contribution in [0.15, 0.2) is 18.2 Å². The van der Waals surface area contributed by atoms with Crippen LogP contribution in [0, 0.1) is 12.8 Å². The van der Waals surface area contributed by atoms with Gasteiger partial charge in [-0.15, -0.1) is 0 Å². The first-order valence-corrected chi connectivity index (χ1v) is 5.73. The topological polar surface area (TPSA) is 21.3 Å². The summed E-state index contributed by atoms with van der Waals surface area (Å²) in [4.78, 5) is 0. The van der Waals surface area contributed by atoms with Gasteiger partial charge in [-0.05, 0) is 50.0 Å². The summed E-state index contributed by atoms with van der Waals surface area (Å²) in [6.07, 6.45) is 1.12. The maximum Gasteiger partial charge on any atom is 0.123 e. The summed E-state index contributed by atoms with van der Waals surface area (Å²) >= 11 is 5.91. The van der Waals surface area contributed by atoms with Gasteiger partial charge in [0.1, 0.15) is 5.75 Å². The maximum absolute atomic E-state index is 5.91. The fourth-order valence-corrected chi connectivity index (χ4v) is 1.78. The van der Waals surface area contributed by atoms with Gasteiger partial charge in [-0.1, -0.05) is 17.7 Å². The van der Waals surface area contributed by atoms with E-state index in [-0.39, 0.29) is 0 Å². The molecule has 0 bridgehead atoms. The minimum absolute atomic E-state index is 0.737. The molecule has 1 saturated heterocycles. The average Bonchev–Trinajstić information content (AvgIpc) is 2.15. The Kier molecular flexibility index (Phi) is 3.49. The van der Waals surface area contributed by atoms with E-state index in [0.717, 1.165) is 48.4 Å². The van der Waals surface area contributed by atoms with Crippen LogP contribution < -0.4 is 10.1 Å². The molecule has 2 nitrogen and oxygen atoms in total. The molecule has 1 aromatic rings. The SMILES string of the molecule is Cc1ccc(Cl)cc1OCCC1CNC1. The van der Waals surface area contributed by atoms with Crippen molar-refractivity contribution in [3.63, 3.8) is 0 Å². The molecule has 1 N–H and O–H groups in total. The Morgan fingerprint density at radius 1 is 1.47 bits per heavy atom. The molecule has 0 unspecified atom stereocenters. The zero-order chi connectivity index (χ0) is 10.7. The lowest BCUT2D eigenvalue weighted by Crippen LogP contribution is -2.42. The van der Waals surface area contributed by atoms with Crippen LogP contribution in [0.25, 0.3) is 0 Å². The van der Waals surface area contributed by atoms with Crippen molar-refractivity contribution >= 4 is 11.6 Å². The van der Waals surface area contributed by atoms with E-state index in [4.69, 9.17) is 16.3 Å². The molecule has 0 radical (unpaired) electrons. The van der Waals surface area contributed by atoms with Crippen molar-refractivity contribution in [2.24, 2.45) is 5.92 Å². The normalized spacial score (nSPS) is 16.1. The Morgan fingerprint density at radius 3 is 2.93 bits per heavy atom. The summed E-state index contributed by atoms with van der Waals surface area (Å²) in [5.74, 6) is 1.71. The minimum Gasteiger partial charge on any atom is -0.493 e. The summed E-state index contributed by atoms with van der Waals surface area (Å²) in [5.41, 5.74) is 1.14. The number of hydrogen-bond acceptors (Lipinski definition) is 2. The van der Waals surface area contributed by atoms with Gasteiger partial charge in [-0.2, -0.15) is 0 Å². The van der Waals surface area contributed by atoms with Crippen molar-refractivity contribution in [3.05, 3.63) is 28.8 Å². The van der Waals surface area contributed by atoms with E-state index in [9.17, 15) is 0 Å². The van der Waals surface area contributed by atoms with E-state index < -0.39 is 0 Å². The number of hydrogen-bond donors (Lipinski definition) is 1. The minimum atomic E-state index is 0.737. The molecule has 1 aromatic carbocycles. The van der Waals surface area contributed by atoms with Gasteiger partial charge in [-0.3, -0.25) is 0 Å². The van der Waals surface area contributed by atoms with Gasteiger partial charge in [-0.25, -0.2) is 0 Å². The second-order valence-corrected chi connectivity index (χ2v) is 4.51. The van der Waals surface area contributed by atoms with Crippen LogP contribution in [0.1, 0.15) is 12.0 Å². The highest BCUT2D eigenvalue weighted by atomic mass is 35.5. The molecule has 1 aliphatic rings. The predicted octanol–water partition coefficient (Wildman–Crippen LogP) is 2.64. The van der Waals surface area contributed by atoms with Crippen molar-refractivity contribution in [3.8, 4) is 5.75 Å². The van der Waals surface area contributed by atoms with Crippen molar-refractivity contribution in [1.29, 1.82) is 0 Å². The molecule has 0 saturated carbocycles. The molecular formula is C12H16ClNO. The van der Waals surface area contributed by atoms with Crippen molar-refractivity contribution in [1.82, 2.24) is 5.32 Å². The third-order valence-corrected chi connectivity index (χ3v) is 3.03. The number of ether oxygens (including phenoxy) is 1. The molecule has 0 spiro atoms. The Morgan fingerprint density at radius 2 is 2.27 bits per heavy atom. The number of aryl methyl sites for hydroxylation is 1. The third kappa shape index (κ3) is 2.86. The lowest BCUT2D eigenvalue weighted by Gasteiger charge is -2.26. The first-order chi connectivity index (χ1) is 7.25. The lowest BCUT2D eigenvalue weighted by atomic mass is 10.0. The van der Waals surface area contributed by atoms with Gasteiger partial charge in [0, 0.05) is 5.02 Å². The molecule has 1 heterocycles. The van der Waals surface area contributed by atoms with Crippen LogP contribution in [-0.2, 0) is 0 Å². The highest BCUT2D eigenvalue weighted by Gasteiger charge is 2.16. The summed E-state index contributed by atoms with van der Waals surface area (Å²) in [5, 5.41) is 3.99. The lowest BCUT2D eigenvalue weighted by molar-refractivity contribution is 0.237. The van der Waals surface area contributed by atoms with Crippen LogP contribution in [0.2, 0.25) is 5.02 Å². The summed E-state index contributed by atoms with van der Waals surface area (Å²) in [6.45, 7) is 5.10. The Balaban J connectivity index is 1.83. The number of halogens is 1. The third-order valence-electron chi connectivity index (χ3n) is 2.80. The van der Waals surface area contributed by atoms with Gasteiger partial charge >= 0.3 is 0 Å². The van der Waals surface area contributed by atoms with Gasteiger partial charge in [0.05, 0.1) is 6.61 Å². The quantitative estimate of drug-likeness (QED) is 0.851. The molecule has 0 aromatic heterocycles. The van der Waals surface area contributed by atoms with Crippen LogP contribution in [0.5, 0.6) is 5.75 Å². The van der Waals surface area contributed by atoms with Crippen LogP contribution in [-0.4, -0.2) is 19.7 Å². The smallest absolute Gasteiger partial charge is 0.123 e. The Bertz CT molecular complexity index is 336. The van der Waals surface area contributed by atoms with Crippen LogP contribution in [0.4, 0.5) is 0 Å². The fraction of sp³-hybridized carbons (Fsp3) is 0.500. The van der Waals surface area contributed by atoms with Crippen molar-refractivity contribution < 1.29 is 4.74 Å². The molecule has 1 fully saturated rings. The highest BCUT2D eigenvalue weighted by molar-refractivity contribution is 6.30. The molecule has 0 aliphatic carbocycles. The summed E-state index contributed by atoms with van der Waals surface area (Å²) in [6, 6.07) is 5.76. The summed E-state index contributed by atoms with van der Waals surface area (Å²) < 4.78 is 5.71. The second-order valence-electron chi connectivity index (χ2n) is 4.07. The highest BCUT2D eigenvalue weighted by Crippen LogP contribution is 2.23. The first kappa shape index (κ1) is 10.8. The molecule has 0 atom stereocenters. The van der Waals surface area contributed by atoms with Gasteiger partial charge in [0.25, 0.3) is 0 Å². The van der Waals surface area contributed by atoms with E-state index in [2.05, 4.69) is 5.32 Å². The van der Waals surface area contributed by atoms with E-state index in [1.807, 2.05) is 25.1 Å². The fourth-order valence-electron chi connectivity index (χ4n) is 1.62. The molecule has 2 rings (SSSR count). The van der Waals surface area contributed by atoms with Gasteiger partial charge in [0.15, 0.2) is 0 Å².